The Morgan fingerprint density at radius 2 is 2.20 bits per heavy atom. The fourth-order valence-corrected chi connectivity index (χ4v) is 0.715. The van der Waals surface area contributed by atoms with E-state index in [1.807, 2.05) is 5.32 Å². The van der Waals surface area contributed by atoms with E-state index in [1.165, 1.54) is 0 Å². The van der Waals surface area contributed by atoms with Gasteiger partial charge in [0.05, 0.1) is 12.5 Å². The van der Waals surface area contributed by atoms with Crippen LogP contribution in [0.2, 0.25) is 0 Å². The fraction of sp³-hybridized carbons (Fsp3) is 0.400. The van der Waals surface area contributed by atoms with Gasteiger partial charge in [0.25, 0.3) is 0 Å². The Hall–Kier alpha value is -1.39. The molecule has 10 heavy (non-hydrogen) atoms. The first kappa shape index (κ1) is 6.73. The van der Waals surface area contributed by atoms with E-state index in [2.05, 4.69) is 5.32 Å². The molecule has 5 nitrogen and oxygen atoms in total. The third-order valence-corrected chi connectivity index (χ3v) is 1.14. The standard InChI is InChI=1S/C5H6N2O3/c8-2-3-1-4(9)7-5(10)6-3/h2-3H,1H2,(H2,6,7,9,10). The summed E-state index contributed by atoms with van der Waals surface area (Å²) in [5, 5.41) is 4.25. The van der Waals surface area contributed by atoms with Crippen molar-refractivity contribution in [2.45, 2.75) is 12.5 Å². The monoisotopic (exact) mass is 142 g/mol. The maximum atomic E-state index is 10.5. The molecule has 1 aliphatic heterocycles. The molecule has 0 spiro atoms. The number of carbonyl (C=O) groups excluding carboxylic acids is 3. The van der Waals surface area contributed by atoms with Gasteiger partial charge in [0.15, 0.2) is 0 Å². The number of rotatable bonds is 1. The molecule has 0 aromatic rings. The van der Waals surface area contributed by atoms with Crippen molar-refractivity contribution in [2.75, 3.05) is 0 Å². The van der Waals surface area contributed by atoms with Gasteiger partial charge in [0, 0.05) is 0 Å². The van der Waals surface area contributed by atoms with Crippen molar-refractivity contribution >= 4 is 18.2 Å². The lowest BCUT2D eigenvalue weighted by molar-refractivity contribution is -0.123. The van der Waals surface area contributed by atoms with Crippen LogP contribution in [0.15, 0.2) is 0 Å². The molecule has 0 bridgehead atoms. The van der Waals surface area contributed by atoms with Crippen molar-refractivity contribution < 1.29 is 14.4 Å². The average molecular weight is 142 g/mol. The summed E-state index contributed by atoms with van der Waals surface area (Å²) in [4.78, 5) is 31.0. The third kappa shape index (κ3) is 1.31. The molecule has 0 radical (unpaired) electrons. The molecule has 0 aromatic carbocycles. The number of hydrogen-bond acceptors (Lipinski definition) is 3. The predicted molar refractivity (Wildman–Crippen MR) is 31.1 cm³/mol. The molecule has 3 amide bonds. The zero-order chi connectivity index (χ0) is 7.56. The second-order valence-corrected chi connectivity index (χ2v) is 1.97. The summed E-state index contributed by atoms with van der Waals surface area (Å²) in [6.07, 6.45) is 0.575. The molecule has 1 aliphatic rings. The molecule has 0 aromatic heterocycles. The highest BCUT2D eigenvalue weighted by molar-refractivity contribution is 5.99. The highest BCUT2D eigenvalue weighted by atomic mass is 16.2. The van der Waals surface area contributed by atoms with E-state index in [1.54, 1.807) is 0 Å². The SMILES string of the molecule is O=CC1CC(=O)NC(=O)N1. The van der Waals surface area contributed by atoms with Crippen LogP contribution in [-0.4, -0.2) is 24.3 Å². The molecule has 0 aliphatic carbocycles. The third-order valence-electron chi connectivity index (χ3n) is 1.14. The van der Waals surface area contributed by atoms with Crippen LogP contribution in [-0.2, 0) is 9.59 Å². The highest BCUT2D eigenvalue weighted by Gasteiger charge is 2.22. The Labute approximate surface area is 56.8 Å². The lowest BCUT2D eigenvalue weighted by Crippen LogP contribution is -2.52. The second kappa shape index (κ2) is 2.47. The highest BCUT2D eigenvalue weighted by Crippen LogP contribution is 1.93. The van der Waals surface area contributed by atoms with Crippen LogP contribution in [0.25, 0.3) is 0 Å². The fourth-order valence-electron chi connectivity index (χ4n) is 0.715. The van der Waals surface area contributed by atoms with Crippen LogP contribution in [0, 0.1) is 0 Å². The zero-order valence-electron chi connectivity index (χ0n) is 5.09. The van der Waals surface area contributed by atoms with Crippen LogP contribution >= 0.6 is 0 Å². The Morgan fingerprint density at radius 1 is 1.50 bits per heavy atom. The van der Waals surface area contributed by atoms with E-state index in [9.17, 15) is 14.4 Å². The number of urea groups is 1. The van der Waals surface area contributed by atoms with Gasteiger partial charge in [0.2, 0.25) is 5.91 Å². The first-order valence-electron chi connectivity index (χ1n) is 2.78. The Balaban J connectivity index is 2.58. The average Bonchev–Trinajstić information content (AvgIpc) is 1.85. The van der Waals surface area contributed by atoms with Gasteiger partial charge in [-0.15, -0.1) is 0 Å². The zero-order valence-corrected chi connectivity index (χ0v) is 5.09. The molecule has 0 saturated carbocycles. The van der Waals surface area contributed by atoms with Crippen LogP contribution in [0.4, 0.5) is 4.79 Å². The summed E-state index contributed by atoms with van der Waals surface area (Å²) < 4.78 is 0. The predicted octanol–water partition coefficient (Wildman–Crippen LogP) is -1.22. The molecule has 1 heterocycles. The molecule has 1 atom stereocenters. The van der Waals surface area contributed by atoms with Gasteiger partial charge < -0.3 is 10.1 Å². The summed E-state index contributed by atoms with van der Waals surface area (Å²) in [7, 11) is 0. The van der Waals surface area contributed by atoms with Crippen LogP contribution in [0.5, 0.6) is 0 Å². The van der Waals surface area contributed by atoms with Gasteiger partial charge in [-0.05, 0) is 0 Å². The summed E-state index contributed by atoms with van der Waals surface area (Å²) in [5.41, 5.74) is 0. The van der Waals surface area contributed by atoms with E-state index < -0.39 is 18.0 Å². The van der Waals surface area contributed by atoms with Gasteiger partial charge in [0.1, 0.15) is 6.29 Å². The maximum Gasteiger partial charge on any atom is 0.322 e. The lowest BCUT2D eigenvalue weighted by atomic mass is 10.2. The number of carbonyl (C=O) groups is 3. The van der Waals surface area contributed by atoms with Crippen molar-refractivity contribution in [3.63, 3.8) is 0 Å². The van der Waals surface area contributed by atoms with Crippen molar-refractivity contribution in [3.05, 3.63) is 0 Å². The van der Waals surface area contributed by atoms with E-state index >= 15 is 0 Å². The van der Waals surface area contributed by atoms with Crippen LogP contribution < -0.4 is 10.6 Å². The van der Waals surface area contributed by atoms with Gasteiger partial charge in [-0.25, -0.2) is 4.79 Å². The van der Waals surface area contributed by atoms with Crippen molar-refractivity contribution in [1.29, 1.82) is 0 Å². The lowest BCUT2D eigenvalue weighted by Gasteiger charge is -2.17. The summed E-state index contributed by atoms with van der Waals surface area (Å²) in [6, 6.07) is -1.26. The van der Waals surface area contributed by atoms with Crippen molar-refractivity contribution in [3.8, 4) is 0 Å². The molecular weight excluding hydrogens is 136 g/mol. The number of nitrogens with one attached hydrogen (secondary N) is 2. The second-order valence-electron chi connectivity index (χ2n) is 1.97. The first-order valence-corrected chi connectivity index (χ1v) is 2.78. The smallest absolute Gasteiger partial charge is 0.322 e. The minimum atomic E-state index is -0.652. The van der Waals surface area contributed by atoms with Gasteiger partial charge >= 0.3 is 6.03 Å². The Bertz CT molecular complexity index is 173. The first-order chi connectivity index (χ1) is 4.72. The number of imide groups is 1. The Kier molecular flexibility index (Phi) is 1.66. The molecule has 54 valence electrons. The van der Waals surface area contributed by atoms with E-state index in [-0.39, 0.29) is 6.42 Å². The van der Waals surface area contributed by atoms with Gasteiger partial charge in [-0.1, -0.05) is 0 Å². The molecule has 1 fully saturated rings. The van der Waals surface area contributed by atoms with Crippen LogP contribution in [0.3, 0.4) is 0 Å². The van der Waals surface area contributed by atoms with E-state index in [0.717, 1.165) is 0 Å². The number of hydrogen-bond donors (Lipinski definition) is 2. The summed E-state index contributed by atoms with van der Waals surface area (Å²) in [5.74, 6) is -0.416. The van der Waals surface area contributed by atoms with Gasteiger partial charge in [-0.3, -0.25) is 10.1 Å². The molecular formula is C5H6N2O3. The molecule has 2 N–H and O–H groups in total. The summed E-state index contributed by atoms with van der Waals surface area (Å²) >= 11 is 0. The van der Waals surface area contributed by atoms with Crippen LogP contribution in [0.1, 0.15) is 6.42 Å². The Morgan fingerprint density at radius 3 is 2.70 bits per heavy atom. The van der Waals surface area contributed by atoms with Crippen molar-refractivity contribution in [1.82, 2.24) is 10.6 Å². The summed E-state index contributed by atoms with van der Waals surface area (Å²) in [6.45, 7) is 0. The molecule has 1 unspecified atom stereocenters. The minimum Gasteiger partial charge on any atom is -0.328 e. The number of amides is 3. The quantitative estimate of drug-likeness (QED) is 0.451. The number of aldehydes is 1. The minimum absolute atomic E-state index is 0.0369. The molecule has 5 heteroatoms. The van der Waals surface area contributed by atoms with Gasteiger partial charge in [-0.2, -0.15) is 0 Å². The normalized spacial score (nSPS) is 25.0. The molecule has 1 saturated heterocycles. The molecule has 1 rings (SSSR count). The topological polar surface area (TPSA) is 75.3 Å². The van der Waals surface area contributed by atoms with E-state index in [4.69, 9.17) is 0 Å². The maximum absolute atomic E-state index is 10.5. The largest absolute Gasteiger partial charge is 0.328 e. The van der Waals surface area contributed by atoms with Crippen molar-refractivity contribution in [2.24, 2.45) is 0 Å². The van der Waals surface area contributed by atoms with E-state index in [0.29, 0.717) is 6.29 Å².